The first-order valence-electron chi connectivity index (χ1n) is 4.81. The topological polar surface area (TPSA) is 40.5 Å². The number of aliphatic hydroxyl groups excluding tert-OH is 1. The van der Waals surface area contributed by atoms with Crippen LogP contribution in [0.3, 0.4) is 0 Å². The molecule has 0 saturated carbocycles. The molecular weight excluding hydrogens is 261 g/mol. The van der Waals surface area contributed by atoms with Gasteiger partial charge < -0.3 is 10.1 Å². The molecule has 0 amide bonds. The van der Waals surface area contributed by atoms with Crippen LogP contribution in [-0.2, 0) is 6.61 Å². The molecule has 1 aromatic carbocycles. The Morgan fingerprint density at radius 3 is 2.65 bits per heavy atom. The molecule has 0 spiro atoms. The van der Waals surface area contributed by atoms with Gasteiger partial charge in [0.2, 0.25) is 0 Å². The summed E-state index contributed by atoms with van der Waals surface area (Å²) in [5.41, 5.74) is 1.61. The van der Waals surface area contributed by atoms with E-state index in [9.17, 15) is 4.39 Å². The number of halogens is 2. The van der Waals surface area contributed by atoms with Crippen LogP contribution in [0.4, 0.5) is 4.39 Å². The highest BCUT2D eigenvalue weighted by molar-refractivity contribution is 7.15. The predicted molar refractivity (Wildman–Crippen MR) is 68.3 cm³/mol. The Kier molecular flexibility index (Phi) is 3.84. The molecule has 0 aliphatic rings. The van der Waals surface area contributed by atoms with Gasteiger partial charge in [0.1, 0.15) is 10.2 Å². The maximum atomic E-state index is 13.8. The molecule has 6 heteroatoms. The number of hydrogen-bond donors (Lipinski definition) is 2. The van der Waals surface area contributed by atoms with Gasteiger partial charge in [-0.2, -0.15) is 0 Å². The van der Waals surface area contributed by atoms with Gasteiger partial charge in [0.25, 0.3) is 0 Å². The normalized spacial score (nSPS) is 10.6. The zero-order valence-corrected chi connectivity index (χ0v) is 10.2. The van der Waals surface area contributed by atoms with Crippen LogP contribution in [0.15, 0.2) is 23.6 Å². The summed E-state index contributed by atoms with van der Waals surface area (Å²) in [6.45, 7) is -0.332. The molecule has 1 radical (unpaired) electrons. The minimum Gasteiger partial charge on any atom is -0.450 e. The molecule has 0 aliphatic heterocycles. The Labute approximate surface area is 108 Å². The lowest BCUT2D eigenvalue weighted by Crippen LogP contribution is -2.20. The summed E-state index contributed by atoms with van der Waals surface area (Å²) >= 11 is 7.25. The van der Waals surface area contributed by atoms with Crippen molar-refractivity contribution in [2.45, 2.75) is 6.61 Å². The van der Waals surface area contributed by atoms with E-state index in [1.807, 2.05) is 0 Å². The number of benzene rings is 1. The lowest BCUT2D eigenvalue weighted by atomic mass is 9.82. The number of rotatable bonds is 3. The van der Waals surface area contributed by atoms with Gasteiger partial charge in [-0.25, -0.2) is 4.39 Å². The first kappa shape index (κ1) is 12.6. The van der Waals surface area contributed by atoms with Crippen LogP contribution in [0.1, 0.15) is 5.56 Å². The Balaban J connectivity index is 2.59. The molecule has 1 aromatic heterocycles. The first-order valence-corrected chi connectivity index (χ1v) is 6.07. The van der Waals surface area contributed by atoms with Crippen LogP contribution in [0.2, 0.25) is 4.34 Å². The molecule has 0 unspecified atom stereocenters. The fraction of sp³-hybridized carbons (Fsp3) is 0.0909. The van der Waals surface area contributed by atoms with Crippen molar-refractivity contribution in [3.05, 3.63) is 39.3 Å². The maximum absolute atomic E-state index is 13.8. The van der Waals surface area contributed by atoms with Crippen molar-refractivity contribution >= 4 is 35.9 Å². The maximum Gasteiger partial charge on any atom is 0.327 e. The molecule has 87 valence electrons. The van der Waals surface area contributed by atoms with Gasteiger partial charge in [-0.15, -0.1) is 11.3 Å². The van der Waals surface area contributed by atoms with Gasteiger partial charge in [0.05, 0.1) is 6.61 Å². The highest BCUT2D eigenvalue weighted by Crippen LogP contribution is 2.33. The quantitative estimate of drug-likeness (QED) is 0.836. The minimum absolute atomic E-state index is 0.314. The van der Waals surface area contributed by atoms with Gasteiger partial charge in [-0.05, 0) is 28.5 Å². The van der Waals surface area contributed by atoms with E-state index in [0.717, 1.165) is 7.48 Å². The van der Waals surface area contributed by atoms with Crippen molar-refractivity contribution in [3.63, 3.8) is 0 Å². The lowest BCUT2D eigenvalue weighted by Gasteiger charge is -2.08. The van der Waals surface area contributed by atoms with Crippen molar-refractivity contribution in [2.24, 2.45) is 0 Å². The van der Waals surface area contributed by atoms with Gasteiger partial charge >= 0.3 is 7.48 Å². The molecule has 0 aliphatic carbocycles. The van der Waals surface area contributed by atoms with Crippen LogP contribution in [0.5, 0.6) is 0 Å². The molecule has 2 N–H and O–H groups in total. The molecule has 0 atom stereocenters. The van der Waals surface area contributed by atoms with Crippen LogP contribution >= 0.6 is 22.9 Å². The Bertz CT molecular complexity index is 544. The Hall–Kier alpha value is -0.875. The predicted octanol–water partition coefficient (Wildman–Crippen LogP) is 1.94. The summed E-state index contributed by atoms with van der Waals surface area (Å²) in [5, 5.41) is 19.8. The van der Waals surface area contributed by atoms with E-state index in [1.54, 1.807) is 11.4 Å². The molecule has 2 nitrogen and oxygen atoms in total. The number of thiophene rings is 1. The third-order valence-electron chi connectivity index (χ3n) is 2.45. The molecule has 2 rings (SSSR count). The van der Waals surface area contributed by atoms with E-state index in [1.165, 1.54) is 23.5 Å². The van der Waals surface area contributed by atoms with E-state index >= 15 is 0 Å². The number of hydrogen-bond acceptors (Lipinski definition) is 3. The standard InChI is InChI=1S/C11H8BClFO2S/c13-11-7(1-2-17-11)8-4-9(12-16)6(5-15)3-10(8)14/h1-4,15-16H,5H2. The van der Waals surface area contributed by atoms with Gasteiger partial charge in [0.15, 0.2) is 0 Å². The molecule has 2 aromatic rings. The fourth-order valence-electron chi connectivity index (χ4n) is 1.58. The molecular formula is C11H8BClFO2S. The van der Waals surface area contributed by atoms with Crippen molar-refractivity contribution in [1.29, 1.82) is 0 Å². The van der Waals surface area contributed by atoms with E-state index < -0.39 is 5.82 Å². The summed E-state index contributed by atoms with van der Waals surface area (Å²) in [6, 6.07) is 4.38. The molecule has 17 heavy (non-hydrogen) atoms. The number of aliphatic hydroxyl groups is 1. The highest BCUT2D eigenvalue weighted by atomic mass is 35.5. The van der Waals surface area contributed by atoms with Crippen molar-refractivity contribution in [2.75, 3.05) is 0 Å². The summed E-state index contributed by atoms with van der Waals surface area (Å²) in [7, 11) is 0.842. The van der Waals surface area contributed by atoms with Crippen LogP contribution in [0, 0.1) is 5.82 Å². The third kappa shape index (κ3) is 2.37. The van der Waals surface area contributed by atoms with E-state index in [4.69, 9.17) is 21.7 Å². The molecule has 0 bridgehead atoms. The van der Waals surface area contributed by atoms with Gasteiger partial charge in [0, 0.05) is 11.1 Å². The molecule has 1 heterocycles. The van der Waals surface area contributed by atoms with Crippen LogP contribution in [-0.4, -0.2) is 17.6 Å². The second kappa shape index (κ2) is 5.18. The summed E-state index contributed by atoms with van der Waals surface area (Å²) in [5.74, 6) is -0.472. The smallest absolute Gasteiger partial charge is 0.327 e. The van der Waals surface area contributed by atoms with Crippen molar-refractivity contribution in [3.8, 4) is 11.1 Å². The van der Waals surface area contributed by atoms with Crippen molar-refractivity contribution in [1.82, 2.24) is 0 Å². The molecule has 0 saturated heterocycles. The SMILES string of the molecule is O[B]c1cc(-c2ccsc2Cl)c(F)cc1CO. The third-order valence-corrected chi connectivity index (χ3v) is 3.62. The zero-order chi connectivity index (χ0) is 12.4. The average Bonchev–Trinajstić information content (AvgIpc) is 2.75. The fourth-order valence-corrected chi connectivity index (χ4v) is 2.53. The highest BCUT2D eigenvalue weighted by Gasteiger charge is 2.14. The average molecular weight is 270 g/mol. The molecule has 0 fully saturated rings. The van der Waals surface area contributed by atoms with Gasteiger partial charge in [-0.3, -0.25) is 0 Å². The van der Waals surface area contributed by atoms with E-state index in [0.29, 0.717) is 26.5 Å². The summed E-state index contributed by atoms with van der Waals surface area (Å²) in [6.07, 6.45) is 0. The zero-order valence-electron chi connectivity index (χ0n) is 8.65. The Morgan fingerprint density at radius 2 is 2.12 bits per heavy atom. The summed E-state index contributed by atoms with van der Waals surface area (Å²) < 4.78 is 14.3. The Morgan fingerprint density at radius 1 is 1.35 bits per heavy atom. The summed E-state index contributed by atoms with van der Waals surface area (Å²) in [4.78, 5) is 0. The first-order chi connectivity index (χ1) is 8.17. The second-order valence-corrected chi connectivity index (χ2v) is 4.94. The van der Waals surface area contributed by atoms with Crippen LogP contribution in [0.25, 0.3) is 11.1 Å². The second-order valence-electron chi connectivity index (χ2n) is 3.43. The largest absolute Gasteiger partial charge is 0.450 e. The minimum atomic E-state index is -0.472. The van der Waals surface area contributed by atoms with E-state index in [-0.39, 0.29) is 6.61 Å². The van der Waals surface area contributed by atoms with Gasteiger partial charge in [-0.1, -0.05) is 17.7 Å². The van der Waals surface area contributed by atoms with E-state index in [2.05, 4.69) is 0 Å². The van der Waals surface area contributed by atoms with Crippen LogP contribution < -0.4 is 5.46 Å². The monoisotopic (exact) mass is 269 g/mol. The lowest BCUT2D eigenvalue weighted by molar-refractivity contribution is 0.282. The van der Waals surface area contributed by atoms with Crippen molar-refractivity contribution < 1.29 is 14.5 Å².